The van der Waals surface area contributed by atoms with Gasteiger partial charge in [0.05, 0.1) is 25.0 Å². The van der Waals surface area contributed by atoms with Crippen molar-refractivity contribution in [2.24, 2.45) is 0 Å². The molecular formula is C24H27ClN2O3. The van der Waals surface area contributed by atoms with Gasteiger partial charge in [0.1, 0.15) is 5.82 Å². The Morgan fingerprint density at radius 1 is 1.10 bits per heavy atom. The SMILES string of the molecule is CCCCc1nc(Cl)c(COC)n1Cc1ccc(-c2ccccc2C(=O)OC)cc1. The predicted octanol–water partition coefficient (Wildman–Crippen LogP) is 5.53. The fourth-order valence-electron chi connectivity index (χ4n) is 3.49. The van der Waals surface area contributed by atoms with Crippen LogP contribution in [0, 0.1) is 0 Å². The Balaban J connectivity index is 1.89. The van der Waals surface area contributed by atoms with Gasteiger partial charge in [-0.15, -0.1) is 0 Å². The van der Waals surface area contributed by atoms with Crippen LogP contribution in [0.3, 0.4) is 0 Å². The van der Waals surface area contributed by atoms with Crippen LogP contribution in [0.5, 0.6) is 0 Å². The number of benzene rings is 2. The first-order chi connectivity index (χ1) is 14.6. The molecule has 1 aromatic heterocycles. The number of halogens is 1. The Morgan fingerprint density at radius 2 is 1.83 bits per heavy atom. The van der Waals surface area contributed by atoms with Crippen molar-refractivity contribution in [1.82, 2.24) is 9.55 Å². The van der Waals surface area contributed by atoms with Crippen LogP contribution in [0.4, 0.5) is 0 Å². The molecule has 3 rings (SSSR count). The Bertz CT molecular complexity index is 996. The largest absolute Gasteiger partial charge is 0.465 e. The first kappa shape index (κ1) is 22.1. The Labute approximate surface area is 182 Å². The van der Waals surface area contributed by atoms with Gasteiger partial charge < -0.3 is 14.0 Å². The van der Waals surface area contributed by atoms with E-state index in [4.69, 9.17) is 21.1 Å². The number of aryl methyl sites for hydroxylation is 1. The van der Waals surface area contributed by atoms with Gasteiger partial charge in [-0.25, -0.2) is 9.78 Å². The summed E-state index contributed by atoms with van der Waals surface area (Å²) in [6.45, 7) is 3.24. The third kappa shape index (κ3) is 4.91. The zero-order valence-electron chi connectivity index (χ0n) is 17.7. The highest BCUT2D eigenvalue weighted by Crippen LogP contribution is 2.26. The molecule has 30 heavy (non-hydrogen) atoms. The summed E-state index contributed by atoms with van der Waals surface area (Å²) in [5.41, 5.74) is 4.39. The van der Waals surface area contributed by atoms with Gasteiger partial charge in [-0.2, -0.15) is 0 Å². The number of esters is 1. The van der Waals surface area contributed by atoms with Gasteiger partial charge in [-0.05, 0) is 29.2 Å². The van der Waals surface area contributed by atoms with Crippen molar-refractivity contribution in [3.05, 3.63) is 76.3 Å². The summed E-state index contributed by atoms with van der Waals surface area (Å²) in [5, 5.41) is 0.506. The normalized spacial score (nSPS) is 10.9. The van der Waals surface area contributed by atoms with Crippen molar-refractivity contribution in [3.63, 3.8) is 0 Å². The predicted molar refractivity (Wildman–Crippen MR) is 119 cm³/mol. The van der Waals surface area contributed by atoms with Crippen LogP contribution in [-0.2, 0) is 29.0 Å². The van der Waals surface area contributed by atoms with Gasteiger partial charge in [0.2, 0.25) is 0 Å². The van der Waals surface area contributed by atoms with Gasteiger partial charge in [0.25, 0.3) is 0 Å². The van der Waals surface area contributed by atoms with Crippen LogP contribution in [0.25, 0.3) is 11.1 Å². The molecule has 0 aliphatic heterocycles. The molecule has 0 amide bonds. The number of carbonyl (C=O) groups excluding carboxylic acids is 1. The highest BCUT2D eigenvalue weighted by atomic mass is 35.5. The average Bonchev–Trinajstić information content (AvgIpc) is 3.07. The van der Waals surface area contributed by atoms with E-state index in [1.807, 2.05) is 30.3 Å². The highest BCUT2D eigenvalue weighted by molar-refractivity contribution is 6.30. The second-order valence-corrected chi connectivity index (χ2v) is 7.48. The van der Waals surface area contributed by atoms with E-state index < -0.39 is 0 Å². The molecule has 0 unspecified atom stereocenters. The maximum atomic E-state index is 12.1. The molecule has 158 valence electrons. The third-order valence-electron chi connectivity index (χ3n) is 5.08. The number of rotatable bonds is 9. The van der Waals surface area contributed by atoms with Crippen molar-refractivity contribution in [2.45, 2.75) is 39.3 Å². The Morgan fingerprint density at radius 3 is 2.50 bits per heavy atom. The van der Waals surface area contributed by atoms with Crippen LogP contribution in [0.15, 0.2) is 48.5 Å². The first-order valence-corrected chi connectivity index (χ1v) is 10.5. The number of imidazole rings is 1. The van der Waals surface area contributed by atoms with Crippen LogP contribution in [0.2, 0.25) is 5.15 Å². The van der Waals surface area contributed by atoms with E-state index in [1.54, 1.807) is 13.2 Å². The number of unbranched alkanes of at least 4 members (excludes halogenated alkanes) is 1. The fourth-order valence-corrected chi connectivity index (χ4v) is 3.74. The van der Waals surface area contributed by atoms with Gasteiger partial charge in [0, 0.05) is 20.1 Å². The molecule has 0 bridgehead atoms. The van der Waals surface area contributed by atoms with Crippen LogP contribution in [0.1, 0.15) is 47.2 Å². The quantitative estimate of drug-likeness (QED) is 0.422. The standard InChI is InChI=1S/C24H27ClN2O3/c1-4-5-10-22-26-23(25)21(16-29-2)27(22)15-17-11-13-18(14-12-17)19-8-6-7-9-20(19)24(28)30-3/h6-9,11-14H,4-5,10,15-16H2,1-3H3. The zero-order chi connectivity index (χ0) is 21.5. The highest BCUT2D eigenvalue weighted by Gasteiger charge is 2.16. The molecule has 0 spiro atoms. The number of nitrogens with zero attached hydrogens (tertiary/aromatic N) is 2. The molecule has 0 atom stereocenters. The van der Waals surface area contributed by atoms with Gasteiger partial charge >= 0.3 is 5.97 Å². The van der Waals surface area contributed by atoms with Crippen molar-refractivity contribution in [2.75, 3.05) is 14.2 Å². The summed E-state index contributed by atoms with van der Waals surface area (Å²) in [4.78, 5) is 16.6. The minimum Gasteiger partial charge on any atom is -0.465 e. The number of ether oxygens (including phenoxy) is 2. The molecule has 0 aliphatic rings. The molecule has 3 aromatic rings. The van der Waals surface area contributed by atoms with Crippen molar-refractivity contribution in [3.8, 4) is 11.1 Å². The number of hydrogen-bond donors (Lipinski definition) is 0. The molecule has 0 radical (unpaired) electrons. The van der Waals surface area contributed by atoms with E-state index in [0.717, 1.165) is 47.5 Å². The zero-order valence-corrected chi connectivity index (χ0v) is 18.4. The Kier molecular flexibility index (Phi) is 7.66. The van der Waals surface area contributed by atoms with Crippen LogP contribution < -0.4 is 0 Å². The van der Waals surface area contributed by atoms with Crippen LogP contribution in [-0.4, -0.2) is 29.7 Å². The summed E-state index contributed by atoms with van der Waals surface area (Å²) in [6.07, 6.45) is 3.03. The molecule has 1 heterocycles. The smallest absolute Gasteiger partial charge is 0.338 e. The summed E-state index contributed by atoms with van der Waals surface area (Å²) >= 11 is 6.38. The number of methoxy groups -OCH3 is 2. The molecule has 0 saturated carbocycles. The first-order valence-electron chi connectivity index (χ1n) is 10.1. The van der Waals surface area contributed by atoms with Crippen LogP contribution >= 0.6 is 11.6 Å². The lowest BCUT2D eigenvalue weighted by atomic mass is 9.98. The molecule has 0 fully saturated rings. The van der Waals surface area contributed by atoms with Crippen molar-refractivity contribution in [1.29, 1.82) is 0 Å². The van der Waals surface area contributed by atoms with Gasteiger partial charge in [0.15, 0.2) is 5.15 Å². The molecule has 0 saturated heterocycles. The lowest BCUT2D eigenvalue weighted by Crippen LogP contribution is -2.10. The van der Waals surface area contributed by atoms with Gasteiger partial charge in [-0.1, -0.05) is 67.4 Å². The minimum absolute atomic E-state index is 0.340. The monoisotopic (exact) mass is 426 g/mol. The number of hydrogen-bond acceptors (Lipinski definition) is 4. The van der Waals surface area contributed by atoms with E-state index >= 15 is 0 Å². The van der Waals surface area contributed by atoms with E-state index in [0.29, 0.717) is 23.9 Å². The molecular weight excluding hydrogens is 400 g/mol. The molecule has 5 nitrogen and oxygen atoms in total. The van der Waals surface area contributed by atoms with Crippen molar-refractivity contribution >= 4 is 17.6 Å². The summed E-state index contributed by atoms with van der Waals surface area (Å²) in [6, 6.07) is 15.6. The lowest BCUT2D eigenvalue weighted by molar-refractivity contribution is 0.0601. The lowest BCUT2D eigenvalue weighted by Gasteiger charge is -2.13. The number of aromatic nitrogens is 2. The molecule has 0 N–H and O–H groups in total. The maximum Gasteiger partial charge on any atom is 0.338 e. The minimum atomic E-state index is -0.340. The summed E-state index contributed by atoms with van der Waals surface area (Å²) in [7, 11) is 3.05. The maximum absolute atomic E-state index is 12.1. The summed E-state index contributed by atoms with van der Waals surface area (Å²) in [5.74, 6) is 0.640. The van der Waals surface area contributed by atoms with E-state index in [2.05, 4.69) is 28.6 Å². The second kappa shape index (κ2) is 10.4. The van der Waals surface area contributed by atoms with E-state index in [9.17, 15) is 4.79 Å². The molecule has 6 heteroatoms. The topological polar surface area (TPSA) is 53.4 Å². The van der Waals surface area contributed by atoms with E-state index in [1.165, 1.54) is 7.11 Å². The average molecular weight is 427 g/mol. The van der Waals surface area contributed by atoms with E-state index in [-0.39, 0.29) is 5.97 Å². The fraction of sp³-hybridized carbons (Fsp3) is 0.333. The summed E-state index contributed by atoms with van der Waals surface area (Å²) < 4.78 is 12.4. The van der Waals surface area contributed by atoms with Crippen molar-refractivity contribution < 1.29 is 14.3 Å². The molecule has 0 aliphatic carbocycles. The van der Waals surface area contributed by atoms with Gasteiger partial charge in [-0.3, -0.25) is 0 Å². The number of carbonyl (C=O) groups is 1. The Hall–Kier alpha value is -2.63. The second-order valence-electron chi connectivity index (χ2n) is 7.12. The third-order valence-corrected chi connectivity index (χ3v) is 5.38. The molecule has 2 aromatic carbocycles.